The lowest BCUT2D eigenvalue weighted by Crippen LogP contribution is -1.89. The first-order valence-corrected chi connectivity index (χ1v) is 13.6. The minimum Gasteiger partial charge on any atom is -0.0654 e. The Morgan fingerprint density at radius 3 is 1.03 bits per heavy atom. The third kappa shape index (κ3) is 4.26. The Morgan fingerprint density at radius 1 is 0.389 bits per heavy atom. The average molecular weight is 467 g/mol. The lowest BCUT2D eigenvalue weighted by Gasteiger charge is -2.15. The molecule has 0 atom stereocenters. The van der Waals surface area contributed by atoms with E-state index in [1.165, 1.54) is 104 Å². The van der Waals surface area contributed by atoms with E-state index in [0.717, 1.165) is 0 Å². The third-order valence-corrected chi connectivity index (χ3v) is 7.75. The number of hydrogen-bond acceptors (Lipinski definition) is 0. The highest BCUT2D eigenvalue weighted by molar-refractivity contribution is 6.24. The van der Waals surface area contributed by atoms with Gasteiger partial charge in [-0.3, -0.25) is 0 Å². The molecule has 0 aromatic heterocycles. The fourth-order valence-electron chi connectivity index (χ4n) is 5.66. The summed E-state index contributed by atoms with van der Waals surface area (Å²) in [4.78, 5) is 0. The van der Waals surface area contributed by atoms with Gasteiger partial charge in [0, 0.05) is 0 Å². The largest absolute Gasteiger partial charge is 0.0654 e. The smallest absolute Gasteiger partial charge is 0.00264 e. The van der Waals surface area contributed by atoms with Crippen LogP contribution >= 0.6 is 0 Å². The Hall–Kier alpha value is -3.64. The van der Waals surface area contributed by atoms with Gasteiger partial charge in [0.15, 0.2) is 0 Å². The second kappa shape index (κ2) is 9.78. The summed E-state index contributed by atoms with van der Waals surface area (Å²) in [6, 6.07) is 37.0. The number of aryl methyl sites for hydroxylation is 2. The summed E-state index contributed by atoms with van der Waals surface area (Å²) in [5.74, 6) is 0. The summed E-state index contributed by atoms with van der Waals surface area (Å²) >= 11 is 0. The van der Waals surface area contributed by atoms with Gasteiger partial charge in [-0.2, -0.15) is 0 Å². The molecule has 178 valence electrons. The van der Waals surface area contributed by atoms with Crippen molar-refractivity contribution >= 4 is 32.3 Å². The molecule has 0 unspecified atom stereocenters. The van der Waals surface area contributed by atoms with E-state index in [1.54, 1.807) is 0 Å². The van der Waals surface area contributed by atoms with Crippen molar-refractivity contribution in [1.29, 1.82) is 0 Å². The third-order valence-electron chi connectivity index (χ3n) is 7.75. The van der Waals surface area contributed by atoms with Crippen molar-refractivity contribution in [3.63, 3.8) is 0 Å². The maximum atomic E-state index is 2.37. The van der Waals surface area contributed by atoms with Crippen LogP contribution in [0.5, 0.6) is 0 Å². The van der Waals surface area contributed by atoms with Crippen molar-refractivity contribution in [1.82, 2.24) is 0 Å². The van der Waals surface area contributed by atoms with Crippen molar-refractivity contribution in [2.75, 3.05) is 0 Å². The highest BCUT2D eigenvalue weighted by atomic mass is 14.2. The van der Waals surface area contributed by atoms with Crippen molar-refractivity contribution in [2.45, 2.75) is 52.4 Å². The van der Waals surface area contributed by atoms with Crippen LogP contribution in [0.25, 0.3) is 54.6 Å². The first-order chi connectivity index (χ1) is 17.7. The molecule has 0 heterocycles. The summed E-state index contributed by atoms with van der Waals surface area (Å²) < 4.78 is 0. The lowest BCUT2D eigenvalue weighted by molar-refractivity contribution is 0.795. The monoisotopic (exact) mass is 466 g/mol. The van der Waals surface area contributed by atoms with E-state index in [2.05, 4.69) is 111 Å². The average Bonchev–Trinajstić information content (AvgIpc) is 2.93. The minimum absolute atomic E-state index is 1.17. The van der Waals surface area contributed by atoms with E-state index in [-0.39, 0.29) is 0 Å². The molecule has 0 nitrogen and oxygen atoms in total. The van der Waals surface area contributed by atoms with Gasteiger partial charge in [-0.1, -0.05) is 99.5 Å². The van der Waals surface area contributed by atoms with Crippen molar-refractivity contribution in [3.05, 3.63) is 108 Å². The fraction of sp³-hybridized carbons (Fsp3) is 0.222. The van der Waals surface area contributed by atoms with E-state index in [0.29, 0.717) is 0 Å². The molecule has 0 saturated heterocycles. The molecule has 6 rings (SSSR count). The van der Waals surface area contributed by atoms with Crippen LogP contribution in [-0.2, 0) is 12.8 Å². The molecule has 0 aliphatic carbocycles. The summed E-state index contributed by atoms with van der Waals surface area (Å²) in [6.45, 7) is 4.51. The molecule has 0 bridgehead atoms. The Morgan fingerprint density at radius 2 is 0.722 bits per heavy atom. The number of unbranched alkanes of at least 4 members (excludes halogenated alkanes) is 2. The molecule has 0 N–H and O–H groups in total. The normalized spacial score (nSPS) is 11.7. The molecule has 0 spiro atoms. The maximum Gasteiger partial charge on any atom is -0.00264 e. The molecule has 6 aromatic carbocycles. The zero-order chi connectivity index (χ0) is 24.5. The molecule has 0 amide bonds. The predicted molar refractivity (Wildman–Crippen MR) is 158 cm³/mol. The minimum atomic E-state index is 1.17. The zero-order valence-corrected chi connectivity index (χ0v) is 21.5. The van der Waals surface area contributed by atoms with Crippen molar-refractivity contribution in [3.8, 4) is 22.3 Å². The Kier molecular flexibility index (Phi) is 6.20. The molecule has 0 saturated carbocycles. The van der Waals surface area contributed by atoms with E-state index >= 15 is 0 Å². The Balaban J connectivity index is 1.39. The highest BCUT2D eigenvalue weighted by Gasteiger charge is 2.12. The van der Waals surface area contributed by atoms with Gasteiger partial charge in [0.1, 0.15) is 0 Å². The van der Waals surface area contributed by atoms with Crippen molar-refractivity contribution in [2.24, 2.45) is 0 Å². The van der Waals surface area contributed by atoms with Crippen LogP contribution in [0.3, 0.4) is 0 Å². The Labute approximate surface area is 214 Å². The van der Waals surface area contributed by atoms with Gasteiger partial charge >= 0.3 is 0 Å². The van der Waals surface area contributed by atoms with Gasteiger partial charge in [0.2, 0.25) is 0 Å². The van der Waals surface area contributed by atoms with Crippen LogP contribution in [-0.4, -0.2) is 0 Å². The van der Waals surface area contributed by atoms with Crippen LogP contribution in [0.2, 0.25) is 0 Å². The summed E-state index contributed by atoms with van der Waals surface area (Å²) in [5, 5.41) is 8.06. The summed E-state index contributed by atoms with van der Waals surface area (Å²) in [7, 11) is 0. The van der Waals surface area contributed by atoms with Gasteiger partial charge in [0.05, 0.1) is 0 Å². The van der Waals surface area contributed by atoms with Crippen LogP contribution in [0.4, 0.5) is 0 Å². The molecular formula is C36H34. The number of hydrogen-bond donors (Lipinski definition) is 0. The van der Waals surface area contributed by atoms with Gasteiger partial charge in [0.25, 0.3) is 0 Å². The zero-order valence-electron chi connectivity index (χ0n) is 21.5. The van der Waals surface area contributed by atoms with Gasteiger partial charge in [-0.15, -0.1) is 0 Å². The molecule has 0 aliphatic rings. The topological polar surface area (TPSA) is 0 Å². The van der Waals surface area contributed by atoms with Gasteiger partial charge in [-0.25, -0.2) is 0 Å². The van der Waals surface area contributed by atoms with Crippen LogP contribution in [0, 0.1) is 0 Å². The van der Waals surface area contributed by atoms with Crippen LogP contribution < -0.4 is 0 Å². The fourth-order valence-corrected chi connectivity index (χ4v) is 5.66. The molecular weight excluding hydrogens is 432 g/mol. The second-order valence-electron chi connectivity index (χ2n) is 10.3. The summed E-state index contributed by atoms with van der Waals surface area (Å²) in [6.07, 6.45) is 7.33. The van der Waals surface area contributed by atoms with Crippen molar-refractivity contribution < 1.29 is 0 Å². The quantitative estimate of drug-likeness (QED) is 0.196. The number of benzene rings is 6. The van der Waals surface area contributed by atoms with E-state index in [4.69, 9.17) is 0 Å². The van der Waals surface area contributed by atoms with Crippen LogP contribution in [0.15, 0.2) is 97.1 Å². The highest BCUT2D eigenvalue weighted by Crippen LogP contribution is 2.39. The first kappa shape index (κ1) is 22.8. The summed E-state index contributed by atoms with van der Waals surface area (Å²) in [5.41, 5.74) is 8.06. The second-order valence-corrected chi connectivity index (χ2v) is 10.3. The first-order valence-electron chi connectivity index (χ1n) is 13.6. The Bertz CT molecular complexity index is 1430. The standard InChI is InChI=1S/C36H34/c1-3-5-7-25-9-13-27(14-10-25)33-21-29-17-19-31-23-34(28-15-11-26(12-16-28)8-6-4-2)24-32-20-18-30(22-33)35(29)36(31)32/h9-24H,3-8H2,1-2H3. The molecule has 0 aliphatic heterocycles. The van der Waals surface area contributed by atoms with Gasteiger partial charge < -0.3 is 0 Å². The van der Waals surface area contributed by atoms with Gasteiger partial charge in [-0.05, 0) is 116 Å². The molecule has 0 heteroatoms. The van der Waals surface area contributed by atoms with E-state index < -0.39 is 0 Å². The number of rotatable bonds is 8. The van der Waals surface area contributed by atoms with E-state index in [1.807, 2.05) is 0 Å². The molecule has 0 fully saturated rings. The van der Waals surface area contributed by atoms with E-state index in [9.17, 15) is 0 Å². The molecule has 36 heavy (non-hydrogen) atoms. The SMILES string of the molecule is CCCCc1ccc(-c2cc3ccc4cc(-c5ccc(CCCC)cc5)cc5ccc(c2)c3c45)cc1. The molecule has 0 radical (unpaired) electrons. The predicted octanol–water partition coefficient (Wildman–Crippen LogP) is 10.6. The maximum absolute atomic E-state index is 2.37. The lowest BCUT2D eigenvalue weighted by atomic mass is 9.89. The van der Waals surface area contributed by atoms with Crippen LogP contribution in [0.1, 0.15) is 50.7 Å². The molecule has 6 aromatic rings.